The lowest BCUT2D eigenvalue weighted by molar-refractivity contribution is -0.137. The molecule has 0 atom stereocenters. The molecular weight excluding hydrogens is 440 g/mol. The minimum Gasteiger partial charge on any atom is -0.496 e. The largest absolute Gasteiger partial charge is 0.496 e. The van der Waals surface area contributed by atoms with E-state index in [1.54, 1.807) is 18.2 Å². The normalized spacial score (nSPS) is 11.5. The van der Waals surface area contributed by atoms with Gasteiger partial charge < -0.3 is 14.5 Å². The first-order valence-corrected chi connectivity index (χ1v) is 9.76. The Labute approximate surface area is 186 Å². The van der Waals surface area contributed by atoms with Crippen LogP contribution in [0.2, 0.25) is 0 Å². The van der Waals surface area contributed by atoms with Gasteiger partial charge in [0.15, 0.2) is 5.82 Å². The van der Waals surface area contributed by atoms with Crippen LogP contribution >= 0.6 is 0 Å². The molecule has 3 aromatic heterocycles. The number of alkyl halides is 3. The lowest BCUT2D eigenvalue weighted by Gasteiger charge is -2.12. The van der Waals surface area contributed by atoms with E-state index in [0.29, 0.717) is 40.0 Å². The molecule has 0 aliphatic heterocycles. The van der Waals surface area contributed by atoms with E-state index in [4.69, 9.17) is 9.47 Å². The highest BCUT2D eigenvalue weighted by Crippen LogP contribution is 2.35. The van der Waals surface area contributed by atoms with Gasteiger partial charge in [0.2, 0.25) is 0 Å². The smallest absolute Gasteiger partial charge is 0.417 e. The zero-order valence-electron chi connectivity index (χ0n) is 17.6. The van der Waals surface area contributed by atoms with Crippen molar-refractivity contribution in [1.29, 1.82) is 0 Å². The molecular formula is C23H18F4N4O2. The summed E-state index contributed by atoms with van der Waals surface area (Å²) in [5, 5.41) is 0. The fourth-order valence-electron chi connectivity index (χ4n) is 3.15. The zero-order valence-corrected chi connectivity index (χ0v) is 17.6. The van der Waals surface area contributed by atoms with Gasteiger partial charge in [0.25, 0.3) is 0 Å². The van der Waals surface area contributed by atoms with E-state index in [1.165, 1.54) is 25.3 Å². The van der Waals surface area contributed by atoms with Crippen LogP contribution in [0.15, 0.2) is 54.9 Å². The van der Waals surface area contributed by atoms with Gasteiger partial charge in [-0.15, -0.1) is 0 Å². The number of aromatic amines is 1. The van der Waals surface area contributed by atoms with Gasteiger partial charge in [-0.3, -0.25) is 4.98 Å². The van der Waals surface area contributed by atoms with Gasteiger partial charge in [0, 0.05) is 23.5 Å². The number of hydrogen-bond donors (Lipinski definition) is 1. The number of imidazole rings is 1. The van der Waals surface area contributed by atoms with E-state index in [-0.39, 0.29) is 6.61 Å². The first-order chi connectivity index (χ1) is 15.7. The molecule has 1 N–H and O–H groups in total. The molecule has 0 radical (unpaired) electrons. The molecule has 3 heterocycles. The van der Waals surface area contributed by atoms with Crippen molar-refractivity contribution in [1.82, 2.24) is 19.9 Å². The molecule has 0 aliphatic rings. The predicted octanol–water partition coefficient (Wildman–Crippen LogP) is 5.59. The molecule has 4 aromatic rings. The number of halogens is 4. The SMILES string of the molecule is COc1cc(OCc2ccc(C(F)(F)F)cn2)ccc1-c1nc(-c2ccc(F)cn2)[nH]c1C. The number of nitrogens with one attached hydrogen (secondary N) is 1. The third kappa shape index (κ3) is 4.94. The lowest BCUT2D eigenvalue weighted by atomic mass is 10.1. The highest BCUT2D eigenvalue weighted by molar-refractivity contribution is 5.72. The Hall–Kier alpha value is -3.95. The van der Waals surface area contributed by atoms with Gasteiger partial charge in [-0.05, 0) is 43.3 Å². The average Bonchev–Trinajstić information content (AvgIpc) is 3.19. The fourth-order valence-corrected chi connectivity index (χ4v) is 3.15. The summed E-state index contributed by atoms with van der Waals surface area (Å²) >= 11 is 0. The fraction of sp³-hybridized carbons (Fsp3) is 0.174. The van der Waals surface area contributed by atoms with Crippen LogP contribution in [-0.2, 0) is 12.8 Å². The Morgan fingerprint density at radius 2 is 1.82 bits per heavy atom. The Morgan fingerprint density at radius 3 is 2.45 bits per heavy atom. The first-order valence-electron chi connectivity index (χ1n) is 9.76. The molecule has 0 unspecified atom stereocenters. The van der Waals surface area contributed by atoms with Crippen molar-refractivity contribution in [2.75, 3.05) is 7.11 Å². The number of pyridine rings is 2. The quantitative estimate of drug-likeness (QED) is 0.382. The number of ether oxygens (including phenoxy) is 2. The van der Waals surface area contributed by atoms with Crippen molar-refractivity contribution in [3.8, 4) is 34.3 Å². The van der Waals surface area contributed by atoms with Gasteiger partial charge in [-0.2, -0.15) is 13.2 Å². The van der Waals surface area contributed by atoms with Crippen molar-refractivity contribution < 1.29 is 27.0 Å². The van der Waals surface area contributed by atoms with Gasteiger partial charge in [-0.1, -0.05) is 0 Å². The average molecular weight is 458 g/mol. The number of H-pyrrole nitrogens is 1. The summed E-state index contributed by atoms with van der Waals surface area (Å²) < 4.78 is 62.3. The number of aromatic nitrogens is 4. The monoisotopic (exact) mass is 458 g/mol. The van der Waals surface area contributed by atoms with Gasteiger partial charge in [-0.25, -0.2) is 14.4 Å². The highest BCUT2D eigenvalue weighted by Gasteiger charge is 2.30. The first kappa shape index (κ1) is 22.3. The van der Waals surface area contributed by atoms with Crippen LogP contribution in [0.25, 0.3) is 22.8 Å². The molecule has 0 amide bonds. The number of hydrogen-bond acceptors (Lipinski definition) is 5. The second kappa shape index (κ2) is 8.89. The molecule has 10 heteroatoms. The molecule has 33 heavy (non-hydrogen) atoms. The van der Waals surface area contributed by atoms with E-state index >= 15 is 0 Å². The second-order valence-electron chi connectivity index (χ2n) is 7.11. The van der Waals surface area contributed by atoms with Crippen LogP contribution in [0.1, 0.15) is 17.0 Å². The van der Waals surface area contributed by atoms with Crippen LogP contribution in [0, 0.1) is 12.7 Å². The standard InChI is InChI=1S/C23H18F4N4O2/c1-13-21(31-22(30-13)19-8-4-15(24)11-29-19)18-7-6-17(9-20(18)32-2)33-12-16-5-3-14(10-28-16)23(25,26)27/h3-11H,12H2,1-2H3,(H,30,31). The van der Waals surface area contributed by atoms with Crippen LogP contribution in [0.5, 0.6) is 11.5 Å². The summed E-state index contributed by atoms with van der Waals surface area (Å²) in [5.74, 6) is 0.983. The Morgan fingerprint density at radius 1 is 1.00 bits per heavy atom. The number of methoxy groups -OCH3 is 1. The lowest BCUT2D eigenvalue weighted by Crippen LogP contribution is -2.06. The Kier molecular flexibility index (Phi) is 5.99. The van der Waals surface area contributed by atoms with Crippen LogP contribution in [0.4, 0.5) is 17.6 Å². The topological polar surface area (TPSA) is 72.9 Å². The van der Waals surface area contributed by atoms with E-state index in [0.717, 1.165) is 24.2 Å². The molecule has 170 valence electrons. The number of benzene rings is 1. The van der Waals surface area contributed by atoms with Crippen molar-refractivity contribution in [3.63, 3.8) is 0 Å². The summed E-state index contributed by atoms with van der Waals surface area (Å²) in [7, 11) is 1.50. The number of rotatable bonds is 6. The van der Waals surface area contributed by atoms with E-state index in [2.05, 4.69) is 19.9 Å². The maximum atomic E-state index is 13.2. The molecule has 4 rings (SSSR count). The molecule has 0 bridgehead atoms. The number of nitrogens with zero attached hydrogens (tertiary/aromatic N) is 3. The van der Waals surface area contributed by atoms with Crippen molar-refractivity contribution in [2.24, 2.45) is 0 Å². The van der Waals surface area contributed by atoms with Gasteiger partial charge in [0.05, 0.1) is 30.3 Å². The molecule has 0 saturated heterocycles. The summed E-state index contributed by atoms with van der Waals surface area (Å²) in [4.78, 5) is 15.5. The minimum absolute atomic E-state index is 0.0115. The maximum absolute atomic E-state index is 13.2. The molecule has 1 aromatic carbocycles. The van der Waals surface area contributed by atoms with E-state index in [9.17, 15) is 17.6 Å². The van der Waals surface area contributed by atoms with Crippen LogP contribution in [0.3, 0.4) is 0 Å². The second-order valence-corrected chi connectivity index (χ2v) is 7.11. The molecule has 0 fully saturated rings. The summed E-state index contributed by atoms with van der Waals surface area (Å²) in [6.07, 6.45) is -2.55. The van der Waals surface area contributed by atoms with Gasteiger partial charge in [0.1, 0.15) is 29.6 Å². The predicted molar refractivity (Wildman–Crippen MR) is 112 cm³/mol. The maximum Gasteiger partial charge on any atom is 0.417 e. The van der Waals surface area contributed by atoms with E-state index < -0.39 is 17.6 Å². The van der Waals surface area contributed by atoms with Crippen molar-refractivity contribution in [2.45, 2.75) is 19.7 Å². The molecule has 0 spiro atoms. The molecule has 0 aliphatic carbocycles. The highest BCUT2D eigenvalue weighted by atomic mass is 19.4. The van der Waals surface area contributed by atoms with Crippen molar-refractivity contribution in [3.05, 3.63) is 77.6 Å². The molecule has 0 saturated carbocycles. The Balaban J connectivity index is 1.53. The minimum atomic E-state index is -4.44. The van der Waals surface area contributed by atoms with Crippen LogP contribution < -0.4 is 9.47 Å². The summed E-state index contributed by atoms with van der Waals surface area (Å²) in [6.45, 7) is 1.83. The summed E-state index contributed by atoms with van der Waals surface area (Å²) in [5.41, 5.74) is 2.11. The van der Waals surface area contributed by atoms with Crippen LogP contribution in [-0.4, -0.2) is 27.0 Å². The zero-order chi connectivity index (χ0) is 23.6. The van der Waals surface area contributed by atoms with E-state index in [1.807, 2.05) is 6.92 Å². The summed E-state index contributed by atoms with van der Waals surface area (Å²) in [6, 6.07) is 10.2. The number of aryl methyl sites for hydroxylation is 1. The Bertz CT molecular complexity index is 1250. The van der Waals surface area contributed by atoms with Gasteiger partial charge >= 0.3 is 6.18 Å². The van der Waals surface area contributed by atoms with Crippen molar-refractivity contribution >= 4 is 0 Å². The third-order valence-corrected chi connectivity index (χ3v) is 4.82. The third-order valence-electron chi connectivity index (χ3n) is 4.82. The molecule has 6 nitrogen and oxygen atoms in total.